The number of aliphatic hydroxyl groups excluding tert-OH is 1. The van der Waals surface area contributed by atoms with Crippen LogP contribution in [0.1, 0.15) is 26.2 Å². The van der Waals surface area contributed by atoms with Crippen LogP contribution in [0, 0.1) is 5.92 Å². The van der Waals surface area contributed by atoms with E-state index in [1.54, 1.807) is 0 Å². The van der Waals surface area contributed by atoms with Crippen LogP contribution in [-0.2, 0) is 9.59 Å². The van der Waals surface area contributed by atoms with E-state index >= 15 is 0 Å². The third-order valence-electron chi connectivity index (χ3n) is 1.84. The Morgan fingerprint density at radius 1 is 1.36 bits per heavy atom. The first-order chi connectivity index (χ1) is 6.56. The van der Waals surface area contributed by atoms with Gasteiger partial charge < -0.3 is 15.5 Å². The number of amides is 1. The van der Waals surface area contributed by atoms with Crippen LogP contribution in [0.25, 0.3) is 0 Å². The summed E-state index contributed by atoms with van der Waals surface area (Å²) in [5.74, 6) is -1.01. The number of aliphatic hydroxyl groups is 1. The second-order valence-corrected chi connectivity index (χ2v) is 3.32. The molecule has 0 aliphatic carbocycles. The van der Waals surface area contributed by atoms with E-state index in [1.165, 1.54) is 0 Å². The minimum Gasteiger partial charge on any atom is -0.481 e. The molecule has 3 N–H and O–H groups in total. The lowest BCUT2D eigenvalue weighted by Gasteiger charge is -2.10. The van der Waals surface area contributed by atoms with Crippen LogP contribution in [0.3, 0.4) is 0 Å². The van der Waals surface area contributed by atoms with Crippen LogP contribution in [0.5, 0.6) is 0 Å². The summed E-state index contributed by atoms with van der Waals surface area (Å²) in [6.07, 6.45) is 0.514. The molecule has 0 bridgehead atoms. The number of nitrogens with one attached hydrogen (secondary N) is 1. The van der Waals surface area contributed by atoms with E-state index in [1.807, 2.05) is 6.92 Å². The zero-order chi connectivity index (χ0) is 11.0. The van der Waals surface area contributed by atoms with Crippen molar-refractivity contribution in [3.63, 3.8) is 0 Å². The number of hydrogen-bond acceptors (Lipinski definition) is 3. The second-order valence-electron chi connectivity index (χ2n) is 3.32. The van der Waals surface area contributed by atoms with E-state index in [0.717, 1.165) is 0 Å². The molecule has 0 aliphatic rings. The lowest BCUT2D eigenvalue weighted by molar-refractivity contribution is -0.138. The lowest BCUT2D eigenvalue weighted by atomic mass is 10.1. The van der Waals surface area contributed by atoms with E-state index < -0.39 is 5.97 Å². The Morgan fingerprint density at radius 2 is 2.00 bits per heavy atom. The fourth-order valence-corrected chi connectivity index (χ4v) is 0.919. The molecule has 14 heavy (non-hydrogen) atoms. The van der Waals surface area contributed by atoms with Crippen molar-refractivity contribution < 1.29 is 19.8 Å². The molecule has 0 aromatic heterocycles. The molecular formula is C9H17NO4. The molecule has 0 aromatic rings. The molecule has 1 unspecified atom stereocenters. The van der Waals surface area contributed by atoms with Crippen molar-refractivity contribution in [3.05, 3.63) is 0 Å². The predicted octanol–water partition coefficient (Wildman–Crippen LogP) is -0.0141. The molecule has 0 saturated heterocycles. The van der Waals surface area contributed by atoms with Gasteiger partial charge in [0.05, 0.1) is 6.42 Å². The summed E-state index contributed by atoms with van der Waals surface area (Å²) in [5, 5.41) is 19.5. The molecule has 0 saturated carbocycles. The highest BCUT2D eigenvalue weighted by Gasteiger charge is 2.06. The van der Waals surface area contributed by atoms with Crippen molar-refractivity contribution in [2.75, 3.05) is 13.2 Å². The molecule has 0 heterocycles. The molecule has 0 fully saturated rings. The summed E-state index contributed by atoms with van der Waals surface area (Å²) in [5.41, 5.74) is 0. The minimum atomic E-state index is -0.969. The topological polar surface area (TPSA) is 86.6 Å². The van der Waals surface area contributed by atoms with Gasteiger partial charge in [0.25, 0.3) is 0 Å². The van der Waals surface area contributed by atoms with Gasteiger partial charge in [0.2, 0.25) is 5.91 Å². The molecule has 82 valence electrons. The molecule has 5 heteroatoms. The van der Waals surface area contributed by atoms with Crippen LogP contribution in [0.2, 0.25) is 0 Å². The van der Waals surface area contributed by atoms with Gasteiger partial charge in [0, 0.05) is 19.6 Å². The number of carboxylic acid groups (broad SMARTS) is 1. The smallest absolute Gasteiger partial charge is 0.303 e. The van der Waals surface area contributed by atoms with E-state index in [9.17, 15) is 9.59 Å². The highest BCUT2D eigenvalue weighted by molar-refractivity contribution is 5.80. The maximum atomic E-state index is 11.0. The summed E-state index contributed by atoms with van der Waals surface area (Å²) in [6.45, 7) is 2.50. The van der Waals surface area contributed by atoms with Gasteiger partial charge in [-0.2, -0.15) is 0 Å². The Balaban J connectivity index is 3.48. The highest BCUT2D eigenvalue weighted by Crippen LogP contribution is 1.98. The number of hydrogen-bond donors (Lipinski definition) is 3. The van der Waals surface area contributed by atoms with Gasteiger partial charge in [-0.25, -0.2) is 0 Å². The van der Waals surface area contributed by atoms with Crippen LogP contribution in [0.15, 0.2) is 0 Å². The van der Waals surface area contributed by atoms with Crippen molar-refractivity contribution in [2.45, 2.75) is 26.2 Å². The molecule has 0 rings (SSSR count). The Hall–Kier alpha value is -1.10. The first kappa shape index (κ1) is 12.9. The Bertz CT molecular complexity index is 193. The third kappa shape index (κ3) is 7.54. The highest BCUT2D eigenvalue weighted by atomic mass is 16.4. The molecule has 5 nitrogen and oxygen atoms in total. The zero-order valence-corrected chi connectivity index (χ0v) is 8.32. The Morgan fingerprint density at radius 3 is 2.50 bits per heavy atom. The van der Waals surface area contributed by atoms with Gasteiger partial charge in [0.1, 0.15) is 0 Å². The molecule has 0 radical (unpaired) electrons. The molecule has 0 spiro atoms. The van der Waals surface area contributed by atoms with Crippen molar-refractivity contribution in [2.24, 2.45) is 5.92 Å². The quantitative estimate of drug-likeness (QED) is 0.543. The average molecular weight is 203 g/mol. The zero-order valence-electron chi connectivity index (χ0n) is 8.32. The summed E-state index contributed by atoms with van der Waals surface area (Å²) in [7, 11) is 0. The second kappa shape index (κ2) is 7.32. The number of rotatable bonds is 7. The summed E-state index contributed by atoms with van der Waals surface area (Å²) >= 11 is 0. The first-order valence-corrected chi connectivity index (χ1v) is 4.65. The molecular weight excluding hydrogens is 186 g/mol. The molecule has 0 aliphatic heterocycles. The van der Waals surface area contributed by atoms with Gasteiger partial charge in [-0.05, 0) is 12.3 Å². The van der Waals surface area contributed by atoms with Gasteiger partial charge >= 0.3 is 5.97 Å². The Labute approximate surface area is 83.1 Å². The lowest BCUT2D eigenvalue weighted by Crippen LogP contribution is -2.28. The summed E-state index contributed by atoms with van der Waals surface area (Å²) in [4.78, 5) is 21.2. The van der Waals surface area contributed by atoms with E-state index in [0.29, 0.717) is 13.0 Å². The normalized spacial score (nSPS) is 12.1. The maximum Gasteiger partial charge on any atom is 0.303 e. The van der Waals surface area contributed by atoms with Crippen molar-refractivity contribution >= 4 is 11.9 Å². The van der Waals surface area contributed by atoms with Crippen molar-refractivity contribution in [3.8, 4) is 0 Å². The fourth-order valence-electron chi connectivity index (χ4n) is 0.919. The first-order valence-electron chi connectivity index (χ1n) is 4.65. The minimum absolute atomic E-state index is 0.0151. The van der Waals surface area contributed by atoms with E-state index in [2.05, 4.69) is 5.32 Å². The third-order valence-corrected chi connectivity index (χ3v) is 1.84. The molecule has 1 atom stereocenters. The number of aliphatic carboxylic acids is 1. The summed E-state index contributed by atoms with van der Waals surface area (Å²) < 4.78 is 0. The largest absolute Gasteiger partial charge is 0.481 e. The van der Waals surface area contributed by atoms with Gasteiger partial charge in [-0.1, -0.05) is 6.92 Å². The van der Waals surface area contributed by atoms with Crippen molar-refractivity contribution in [1.82, 2.24) is 5.32 Å². The predicted molar refractivity (Wildman–Crippen MR) is 50.7 cm³/mol. The SMILES string of the molecule is CC(CCO)CNC(=O)CCC(=O)O. The van der Waals surface area contributed by atoms with Crippen LogP contribution < -0.4 is 5.32 Å². The van der Waals surface area contributed by atoms with Crippen LogP contribution >= 0.6 is 0 Å². The van der Waals surface area contributed by atoms with E-state index in [-0.39, 0.29) is 31.3 Å². The van der Waals surface area contributed by atoms with Crippen LogP contribution in [0.4, 0.5) is 0 Å². The Kier molecular flexibility index (Phi) is 6.74. The monoisotopic (exact) mass is 203 g/mol. The van der Waals surface area contributed by atoms with Gasteiger partial charge in [-0.15, -0.1) is 0 Å². The van der Waals surface area contributed by atoms with Gasteiger partial charge in [-0.3, -0.25) is 9.59 Å². The number of carboxylic acids is 1. The summed E-state index contributed by atoms with van der Waals surface area (Å²) in [6, 6.07) is 0. The fraction of sp³-hybridized carbons (Fsp3) is 0.778. The standard InChI is InChI=1S/C9H17NO4/c1-7(4-5-11)6-10-8(12)2-3-9(13)14/h7,11H,2-6H2,1H3,(H,10,12)(H,13,14). The average Bonchev–Trinajstić information content (AvgIpc) is 2.12. The molecule has 0 aromatic carbocycles. The van der Waals surface area contributed by atoms with Gasteiger partial charge in [0.15, 0.2) is 0 Å². The van der Waals surface area contributed by atoms with E-state index in [4.69, 9.17) is 10.2 Å². The molecule has 1 amide bonds. The number of carbonyl (C=O) groups excluding carboxylic acids is 1. The van der Waals surface area contributed by atoms with Crippen molar-refractivity contribution in [1.29, 1.82) is 0 Å². The van der Waals surface area contributed by atoms with Crippen LogP contribution in [-0.4, -0.2) is 35.2 Å². The maximum absolute atomic E-state index is 11.0. The number of carbonyl (C=O) groups is 2.